The van der Waals surface area contributed by atoms with Crippen LogP contribution in [0.5, 0.6) is 0 Å². The van der Waals surface area contributed by atoms with Crippen molar-refractivity contribution in [2.24, 2.45) is 0 Å². The second-order valence-corrected chi connectivity index (χ2v) is 6.87. The Labute approximate surface area is 126 Å². The first-order valence-electron chi connectivity index (χ1n) is 6.37. The Morgan fingerprint density at radius 1 is 1.32 bits per heavy atom. The lowest BCUT2D eigenvalue weighted by Gasteiger charge is -2.21. The molecule has 0 saturated heterocycles. The molecule has 120 valence electrons. The van der Waals surface area contributed by atoms with E-state index in [1.54, 1.807) is 6.07 Å². The molecule has 0 aliphatic rings. The molecule has 0 radical (unpaired) electrons. The van der Waals surface area contributed by atoms with Crippen LogP contribution < -0.4 is 4.72 Å². The lowest BCUT2D eigenvalue weighted by atomic mass is 10.1. The van der Waals surface area contributed by atoms with E-state index in [0.717, 1.165) is 18.2 Å². The van der Waals surface area contributed by atoms with Crippen molar-refractivity contribution in [1.29, 1.82) is 0 Å². The number of nitrogens with one attached hydrogen (secondary N) is 1. The molecule has 0 spiro atoms. The molecule has 0 saturated carbocycles. The summed E-state index contributed by atoms with van der Waals surface area (Å²) in [5.74, 6) is -2.09. The zero-order chi connectivity index (χ0) is 16.4. The van der Waals surface area contributed by atoms with Gasteiger partial charge in [-0.15, -0.1) is 0 Å². The summed E-state index contributed by atoms with van der Waals surface area (Å²) in [7, 11) is -3.96. The van der Waals surface area contributed by atoms with Crippen LogP contribution in [0.2, 0.25) is 0 Å². The molecule has 2 aromatic rings. The molecule has 2 rings (SSSR count). The Balaban J connectivity index is 2.07. The Morgan fingerprint density at radius 2 is 2.05 bits per heavy atom. The summed E-state index contributed by atoms with van der Waals surface area (Å²) < 4.78 is 57.6. The predicted molar refractivity (Wildman–Crippen MR) is 75.3 cm³/mol. The van der Waals surface area contributed by atoms with Crippen LogP contribution >= 0.6 is 0 Å². The minimum absolute atomic E-state index is 0.187. The standard InChI is InChI=1S/C14H15F2NO4S/c1-14(18,13-3-2-6-21-13)9-17-22(19,20)8-10-7-11(15)4-5-12(10)16/h2-7,17-18H,8-9H2,1H3/t14-/m1/s1. The van der Waals surface area contributed by atoms with Crippen molar-refractivity contribution in [2.75, 3.05) is 6.54 Å². The van der Waals surface area contributed by atoms with E-state index in [9.17, 15) is 22.3 Å². The maximum atomic E-state index is 13.5. The zero-order valence-electron chi connectivity index (χ0n) is 11.7. The molecule has 1 aromatic carbocycles. The monoisotopic (exact) mass is 331 g/mol. The first-order valence-corrected chi connectivity index (χ1v) is 8.02. The molecular weight excluding hydrogens is 316 g/mol. The fraction of sp³-hybridized carbons (Fsp3) is 0.286. The summed E-state index contributed by atoms with van der Waals surface area (Å²) in [6.45, 7) is 1.01. The van der Waals surface area contributed by atoms with E-state index in [4.69, 9.17) is 4.42 Å². The molecule has 5 nitrogen and oxygen atoms in total. The Kier molecular flexibility index (Phi) is 4.64. The predicted octanol–water partition coefficient (Wildman–Crippen LogP) is 1.88. The van der Waals surface area contributed by atoms with E-state index in [2.05, 4.69) is 4.72 Å². The average molecular weight is 331 g/mol. The van der Waals surface area contributed by atoms with Gasteiger partial charge in [0.05, 0.1) is 12.0 Å². The molecule has 0 aliphatic heterocycles. The van der Waals surface area contributed by atoms with Crippen LogP contribution in [-0.2, 0) is 21.4 Å². The summed E-state index contributed by atoms with van der Waals surface area (Å²) in [5.41, 5.74) is -1.85. The second-order valence-electron chi connectivity index (χ2n) is 5.07. The highest BCUT2D eigenvalue weighted by atomic mass is 32.2. The molecule has 0 bridgehead atoms. The van der Waals surface area contributed by atoms with Gasteiger partial charge in [0.25, 0.3) is 0 Å². The Hall–Kier alpha value is -1.77. The van der Waals surface area contributed by atoms with Gasteiger partial charge in [0, 0.05) is 12.1 Å². The van der Waals surface area contributed by atoms with Crippen LogP contribution in [-0.4, -0.2) is 20.1 Å². The van der Waals surface area contributed by atoms with Gasteiger partial charge in [0.2, 0.25) is 10.0 Å². The van der Waals surface area contributed by atoms with Gasteiger partial charge < -0.3 is 9.52 Å². The molecule has 0 unspecified atom stereocenters. The van der Waals surface area contributed by atoms with Crippen molar-refractivity contribution >= 4 is 10.0 Å². The van der Waals surface area contributed by atoms with E-state index in [-0.39, 0.29) is 17.9 Å². The largest absolute Gasteiger partial charge is 0.466 e. The molecule has 2 N–H and O–H groups in total. The minimum atomic E-state index is -3.96. The highest BCUT2D eigenvalue weighted by molar-refractivity contribution is 7.88. The summed E-state index contributed by atoms with van der Waals surface area (Å²) in [6.07, 6.45) is 1.35. The van der Waals surface area contributed by atoms with Gasteiger partial charge in [-0.05, 0) is 37.3 Å². The van der Waals surface area contributed by atoms with Crippen molar-refractivity contribution in [3.8, 4) is 0 Å². The van der Waals surface area contributed by atoms with E-state index in [1.807, 2.05) is 0 Å². The van der Waals surface area contributed by atoms with E-state index >= 15 is 0 Å². The lowest BCUT2D eigenvalue weighted by Crippen LogP contribution is -2.38. The van der Waals surface area contributed by atoms with Gasteiger partial charge in [0.1, 0.15) is 23.0 Å². The van der Waals surface area contributed by atoms with Crippen LogP contribution in [0.25, 0.3) is 0 Å². The quantitative estimate of drug-likeness (QED) is 0.847. The third-order valence-electron chi connectivity index (χ3n) is 3.04. The number of furan rings is 1. The third kappa shape index (κ3) is 4.12. The highest BCUT2D eigenvalue weighted by Crippen LogP contribution is 2.20. The zero-order valence-corrected chi connectivity index (χ0v) is 12.5. The number of sulfonamides is 1. The summed E-state index contributed by atoms with van der Waals surface area (Å²) in [5, 5.41) is 10.1. The maximum Gasteiger partial charge on any atom is 0.216 e. The van der Waals surface area contributed by atoms with Gasteiger partial charge in [-0.1, -0.05) is 0 Å². The molecule has 8 heteroatoms. The van der Waals surface area contributed by atoms with Gasteiger partial charge in [0.15, 0.2) is 0 Å². The number of aliphatic hydroxyl groups is 1. The fourth-order valence-corrected chi connectivity index (χ4v) is 3.07. The number of halogens is 2. The molecule has 1 heterocycles. The first-order chi connectivity index (χ1) is 10.2. The summed E-state index contributed by atoms with van der Waals surface area (Å²) in [4.78, 5) is 0. The van der Waals surface area contributed by atoms with Crippen LogP contribution in [0.4, 0.5) is 8.78 Å². The first kappa shape index (κ1) is 16.6. The summed E-state index contributed by atoms with van der Waals surface area (Å²) >= 11 is 0. The van der Waals surface area contributed by atoms with Crippen LogP contribution in [0.15, 0.2) is 41.0 Å². The Bertz CT molecular complexity index is 742. The molecule has 1 atom stereocenters. The minimum Gasteiger partial charge on any atom is -0.466 e. The molecule has 22 heavy (non-hydrogen) atoms. The third-order valence-corrected chi connectivity index (χ3v) is 4.32. The van der Waals surface area contributed by atoms with Crippen molar-refractivity contribution < 1.29 is 26.7 Å². The van der Waals surface area contributed by atoms with Gasteiger partial charge in [-0.3, -0.25) is 0 Å². The molecule has 0 aliphatic carbocycles. The van der Waals surface area contributed by atoms with Crippen LogP contribution in [0.3, 0.4) is 0 Å². The molecule has 0 amide bonds. The van der Waals surface area contributed by atoms with E-state index in [1.165, 1.54) is 19.3 Å². The SMILES string of the molecule is C[C@@](O)(CNS(=O)(=O)Cc1cc(F)ccc1F)c1ccco1. The van der Waals surface area contributed by atoms with Crippen molar-refractivity contribution in [3.05, 3.63) is 59.6 Å². The normalized spacial score (nSPS) is 14.7. The van der Waals surface area contributed by atoms with Crippen LogP contribution in [0, 0.1) is 11.6 Å². The number of rotatable bonds is 6. The average Bonchev–Trinajstić information content (AvgIpc) is 2.96. The van der Waals surface area contributed by atoms with Crippen LogP contribution in [0.1, 0.15) is 18.2 Å². The molecule has 1 aromatic heterocycles. The molecular formula is C14H15F2NO4S. The van der Waals surface area contributed by atoms with Gasteiger partial charge >= 0.3 is 0 Å². The number of benzene rings is 1. The summed E-state index contributed by atoms with van der Waals surface area (Å²) in [6, 6.07) is 5.64. The maximum absolute atomic E-state index is 13.5. The number of hydrogen-bond donors (Lipinski definition) is 2. The molecule has 0 fully saturated rings. The highest BCUT2D eigenvalue weighted by Gasteiger charge is 2.28. The number of hydrogen-bond acceptors (Lipinski definition) is 4. The van der Waals surface area contributed by atoms with Crippen molar-refractivity contribution in [1.82, 2.24) is 4.72 Å². The fourth-order valence-electron chi connectivity index (χ4n) is 1.83. The Morgan fingerprint density at radius 3 is 2.68 bits per heavy atom. The van der Waals surface area contributed by atoms with E-state index in [0.29, 0.717) is 0 Å². The van der Waals surface area contributed by atoms with E-state index < -0.39 is 33.0 Å². The topological polar surface area (TPSA) is 79.5 Å². The smallest absolute Gasteiger partial charge is 0.216 e. The van der Waals surface area contributed by atoms with Crippen molar-refractivity contribution in [2.45, 2.75) is 18.3 Å². The van der Waals surface area contributed by atoms with Gasteiger partial charge in [-0.25, -0.2) is 21.9 Å². The lowest BCUT2D eigenvalue weighted by molar-refractivity contribution is 0.0395. The second kappa shape index (κ2) is 6.15. The van der Waals surface area contributed by atoms with Crippen molar-refractivity contribution in [3.63, 3.8) is 0 Å². The van der Waals surface area contributed by atoms with Gasteiger partial charge in [-0.2, -0.15) is 0 Å².